The van der Waals surface area contributed by atoms with Crippen molar-refractivity contribution in [3.8, 4) is 0 Å². The van der Waals surface area contributed by atoms with Crippen molar-refractivity contribution >= 4 is 11.8 Å². The van der Waals surface area contributed by atoms with E-state index in [-0.39, 0.29) is 6.61 Å². The molecular formula is C13H16N2OS. The average Bonchev–Trinajstić information content (AvgIpc) is 2.88. The number of rotatable bonds is 6. The van der Waals surface area contributed by atoms with Gasteiger partial charge in [-0.05, 0) is 29.9 Å². The zero-order chi connectivity index (χ0) is 11.9. The van der Waals surface area contributed by atoms with Gasteiger partial charge in [-0.1, -0.05) is 12.1 Å². The van der Waals surface area contributed by atoms with E-state index in [9.17, 15) is 0 Å². The second-order valence-corrected chi connectivity index (χ2v) is 4.98. The number of thioether (sulfide) groups is 1. The Bertz CT molecular complexity index is 442. The molecule has 1 N–H and O–H groups in total. The molecule has 2 aromatic rings. The maximum absolute atomic E-state index is 9.04. The molecule has 0 amide bonds. The highest BCUT2D eigenvalue weighted by Gasteiger charge is 1.96. The summed E-state index contributed by atoms with van der Waals surface area (Å²) in [6.45, 7) is 1.12. The van der Waals surface area contributed by atoms with E-state index in [0.717, 1.165) is 24.3 Å². The van der Waals surface area contributed by atoms with E-state index in [1.807, 2.05) is 42.5 Å². The summed E-state index contributed by atoms with van der Waals surface area (Å²) in [5.74, 6) is 1.08. The van der Waals surface area contributed by atoms with Gasteiger partial charge in [0.05, 0.1) is 12.9 Å². The molecule has 17 heavy (non-hydrogen) atoms. The van der Waals surface area contributed by atoms with Crippen LogP contribution in [0.5, 0.6) is 0 Å². The molecule has 0 aliphatic heterocycles. The van der Waals surface area contributed by atoms with Crippen LogP contribution in [0.25, 0.3) is 0 Å². The number of aromatic nitrogens is 2. The zero-order valence-corrected chi connectivity index (χ0v) is 10.4. The van der Waals surface area contributed by atoms with Crippen LogP contribution in [0, 0.1) is 0 Å². The van der Waals surface area contributed by atoms with Crippen molar-refractivity contribution in [2.24, 2.45) is 0 Å². The van der Waals surface area contributed by atoms with Crippen molar-refractivity contribution in [3.63, 3.8) is 0 Å². The van der Waals surface area contributed by atoms with Gasteiger partial charge in [-0.25, -0.2) is 4.98 Å². The monoisotopic (exact) mass is 248 g/mol. The van der Waals surface area contributed by atoms with Gasteiger partial charge in [0, 0.05) is 23.8 Å². The van der Waals surface area contributed by atoms with Gasteiger partial charge in [-0.2, -0.15) is 0 Å². The standard InChI is InChI=1S/C13H16N2OS/c16-10-12-3-1-4-13(9-12)17-8-2-6-15-7-5-14-11-15/h1,3-5,7,9,11,16H,2,6,8,10H2. The SMILES string of the molecule is OCc1cccc(SCCCn2ccnc2)c1. The summed E-state index contributed by atoms with van der Waals surface area (Å²) in [5.41, 5.74) is 0.976. The third-order valence-electron chi connectivity index (χ3n) is 2.47. The highest BCUT2D eigenvalue weighted by atomic mass is 32.2. The number of benzene rings is 1. The van der Waals surface area contributed by atoms with Crippen LogP contribution in [0.3, 0.4) is 0 Å². The summed E-state index contributed by atoms with van der Waals surface area (Å²) in [5, 5.41) is 9.04. The maximum Gasteiger partial charge on any atom is 0.0945 e. The molecule has 0 unspecified atom stereocenters. The number of hydrogen-bond acceptors (Lipinski definition) is 3. The first kappa shape index (κ1) is 12.2. The predicted molar refractivity (Wildman–Crippen MR) is 69.9 cm³/mol. The quantitative estimate of drug-likeness (QED) is 0.630. The average molecular weight is 248 g/mol. The minimum Gasteiger partial charge on any atom is -0.392 e. The number of aliphatic hydroxyl groups excluding tert-OH is 1. The smallest absolute Gasteiger partial charge is 0.0945 e. The Morgan fingerprint density at radius 2 is 2.29 bits per heavy atom. The van der Waals surface area contributed by atoms with Gasteiger partial charge in [-0.3, -0.25) is 0 Å². The van der Waals surface area contributed by atoms with Crippen LogP contribution < -0.4 is 0 Å². The number of hydrogen-bond donors (Lipinski definition) is 1. The van der Waals surface area contributed by atoms with E-state index >= 15 is 0 Å². The largest absolute Gasteiger partial charge is 0.392 e. The molecule has 0 atom stereocenters. The summed E-state index contributed by atoms with van der Waals surface area (Å²) in [7, 11) is 0. The fraction of sp³-hybridized carbons (Fsp3) is 0.308. The molecule has 0 spiro atoms. The number of nitrogens with zero attached hydrogens (tertiary/aromatic N) is 2. The van der Waals surface area contributed by atoms with Crippen molar-refractivity contribution < 1.29 is 5.11 Å². The highest BCUT2D eigenvalue weighted by Crippen LogP contribution is 2.20. The van der Waals surface area contributed by atoms with E-state index in [4.69, 9.17) is 5.11 Å². The Kier molecular flexibility index (Phi) is 4.64. The van der Waals surface area contributed by atoms with E-state index in [2.05, 4.69) is 15.6 Å². The first-order valence-corrected chi connectivity index (χ1v) is 6.65. The molecule has 0 bridgehead atoms. The van der Waals surface area contributed by atoms with Crippen LogP contribution in [-0.2, 0) is 13.2 Å². The van der Waals surface area contributed by atoms with Gasteiger partial charge in [0.1, 0.15) is 0 Å². The topological polar surface area (TPSA) is 38.0 Å². The van der Waals surface area contributed by atoms with Gasteiger partial charge < -0.3 is 9.67 Å². The molecule has 0 radical (unpaired) electrons. The molecule has 0 saturated carbocycles. The van der Waals surface area contributed by atoms with Crippen molar-refractivity contribution in [2.75, 3.05) is 5.75 Å². The summed E-state index contributed by atoms with van der Waals surface area (Å²) in [6, 6.07) is 8.06. The molecule has 1 heterocycles. The molecule has 2 rings (SSSR count). The summed E-state index contributed by atoms with van der Waals surface area (Å²) < 4.78 is 2.09. The Hall–Kier alpha value is -1.26. The van der Waals surface area contributed by atoms with E-state index in [0.29, 0.717) is 0 Å². The second kappa shape index (κ2) is 6.47. The van der Waals surface area contributed by atoms with Gasteiger partial charge in [-0.15, -0.1) is 11.8 Å². The lowest BCUT2D eigenvalue weighted by atomic mass is 10.2. The maximum atomic E-state index is 9.04. The van der Waals surface area contributed by atoms with Crippen LogP contribution in [-0.4, -0.2) is 20.4 Å². The zero-order valence-electron chi connectivity index (χ0n) is 9.62. The third-order valence-corrected chi connectivity index (χ3v) is 3.55. The van der Waals surface area contributed by atoms with Crippen molar-refractivity contribution in [3.05, 3.63) is 48.5 Å². The van der Waals surface area contributed by atoms with Crippen molar-refractivity contribution in [2.45, 2.75) is 24.5 Å². The highest BCUT2D eigenvalue weighted by molar-refractivity contribution is 7.99. The van der Waals surface area contributed by atoms with Crippen molar-refractivity contribution in [1.29, 1.82) is 0 Å². The predicted octanol–water partition coefficient (Wildman–Crippen LogP) is 2.56. The lowest BCUT2D eigenvalue weighted by Crippen LogP contribution is -1.95. The fourth-order valence-electron chi connectivity index (χ4n) is 1.59. The molecule has 0 aliphatic carbocycles. The number of imidazole rings is 1. The lowest BCUT2D eigenvalue weighted by molar-refractivity contribution is 0.281. The molecule has 1 aromatic carbocycles. The Morgan fingerprint density at radius 3 is 3.06 bits per heavy atom. The Balaban J connectivity index is 1.74. The third kappa shape index (κ3) is 3.91. The van der Waals surface area contributed by atoms with Crippen LogP contribution in [0.4, 0.5) is 0 Å². The molecular weight excluding hydrogens is 232 g/mol. The molecule has 0 fully saturated rings. The number of aliphatic hydroxyl groups is 1. The molecule has 3 nitrogen and oxygen atoms in total. The molecule has 0 aliphatic rings. The summed E-state index contributed by atoms with van der Waals surface area (Å²) >= 11 is 1.83. The Labute approximate surface area is 106 Å². The van der Waals surface area contributed by atoms with Gasteiger partial charge in [0.2, 0.25) is 0 Å². The van der Waals surface area contributed by atoms with E-state index < -0.39 is 0 Å². The van der Waals surface area contributed by atoms with Crippen LogP contribution in [0.15, 0.2) is 47.9 Å². The summed E-state index contributed by atoms with van der Waals surface area (Å²) in [4.78, 5) is 5.23. The van der Waals surface area contributed by atoms with Crippen LogP contribution >= 0.6 is 11.8 Å². The molecule has 4 heteroatoms. The Morgan fingerprint density at radius 1 is 1.35 bits per heavy atom. The first-order chi connectivity index (χ1) is 8.38. The first-order valence-electron chi connectivity index (χ1n) is 5.67. The normalized spacial score (nSPS) is 10.6. The van der Waals surface area contributed by atoms with Gasteiger partial charge in [0.25, 0.3) is 0 Å². The van der Waals surface area contributed by atoms with Crippen LogP contribution in [0.2, 0.25) is 0 Å². The lowest BCUT2D eigenvalue weighted by Gasteiger charge is -2.04. The molecule has 90 valence electrons. The molecule has 0 saturated heterocycles. The fourth-order valence-corrected chi connectivity index (χ4v) is 2.51. The van der Waals surface area contributed by atoms with E-state index in [1.54, 1.807) is 6.20 Å². The van der Waals surface area contributed by atoms with Crippen molar-refractivity contribution in [1.82, 2.24) is 9.55 Å². The van der Waals surface area contributed by atoms with Crippen LogP contribution in [0.1, 0.15) is 12.0 Å². The van der Waals surface area contributed by atoms with E-state index in [1.165, 1.54) is 4.90 Å². The second-order valence-electron chi connectivity index (χ2n) is 3.81. The molecule has 1 aromatic heterocycles. The minimum atomic E-state index is 0.115. The van der Waals surface area contributed by atoms with Gasteiger partial charge >= 0.3 is 0 Å². The summed E-state index contributed by atoms with van der Waals surface area (Å²) in [6.07, 6.45) is 6.75. The minimum absolute atomic E-state index is 0.115. The number of aryl methyl sites for hydroxylation is 1. The van der Waals surface area contributed by atoms with Gasteiger partial charge in [0.15, 0.2) is 0 Å².